The molecule has 2 heterocycles. The first-order valence-electron chi connectivity index (χ1n) is 9.47. The van der Waals surface area contributed by atoms with Crippen molar-refractivity contribution in [2.24, 2.45) is 5.92 Å². The summed E-state index contributed by atoms with van der Waals surface area (Å²) in [6.45, 7) is 6.55. The number of amides is 1. The normalized spacial score (nSPS) is 21.5. The predicted octanol–water partition coefficient (Wildman–Crippen LogP) is 1.57. The van der Waals surface area contributed by atoms with Gasteiger partial charge in [0.1, 0.15) is 6.07 Å². The van der Waals surface area contributed by atoms with Crippen molar-refractivity contribution in [3.63, 3.8) is 0 Å². The number of carbonyl (C=O) groups is 1. The maximum absolute atomic E-state index is 12.9. The second-order valence-corrected chi connectivity index (χ2v) is 7.07. The minimum absolute atomic E-state index is 0.110. The van der Waals surface area contributed by atoms with Crippen LogP contribution in [0.4, 0.5) is 5.69 Å². The molecule has 0 aromatic heterocycles. The quantitative estimate of drug-likeness (QED) is 0.801. The smallest absolute Gasteiger partial charge is 0.227 e. The number of ether oxygens (including phenoxy) is 1. The number of hydrogen-bond acceptors (Lipinski definition) is 5. The predicted molar refractivity (Wildman–Crippen MR) is 101 cm³/mol. The summed E-state index contributed by atoms with van der Waals surface area (Å²) in [6.07, 6.45) is 2.06. The zero-order chi connectivity index (χ0) is 18.4. The SMILES string of the molecule is COCCN1CCCC(C(=O)N2CCN(c3ccccc3C#N)CC2)C1. The molecular formula is C20H28N4O2. The molecular weight excluding hydrogens is 328 g/mol. The van der Waals surface area contributed by atoms with Gasteiger partial charge in [-0.15, -0.1) is 0 Å². The molecule has 6 nitrogen and oxygen atoms in total. The Labute approximate surface area is 155 Å². The van der Waals surface area contributed by atoms with E-state index in [2.05, 4.69) is 15.9 Å². The molecule has 1 atom stereocenters. The molecule has 0 bridgehead atoms. The number of hydrogen-bond donors (Lipinski definition) is 0. The highest BCUT2D eigenvalue weighted by Gasteiger charge is 2.31. The van der Waals surface area contributed by atoms with Crippen LogP contribution in [0.15, 0.2) is 24.3 Å². The highest BCUT2D eigenvalue weighted by molar-refractivity contribution is 5.79. The zero-order valence-corrected chi connectivity index (χ0v) is 15.6. The number of piperazine rings is 1. The van der Waals surface area contributed by atoms with E-state index in [0.717, 1.165) is 70.9 Å². The van der Waals surface area contributed by atoms with E-state index in [4.69, 9.17) is 4.74 Å². The largest absolute Gasteiger partial charge is 0.383 e. The Hall–Kier alpha value is -2.10. The van der Waals surface area contributed by atoms with Crippen LogP contribution in [-0.2, 0) is 9.53 Å². The van der Waals surface area contributed by atoms with Crippen molar-refractivity contribution in [1.82, 2.24) is 9.80 Å². The second kappa shape index (κ2) is 9.02. The van der Waals surface area contributed by atoms with Crippen molar-refractivity contribution < 1.29 is 9.53 Å². The van der Waals surface area contributed by atoms with E-state index in [1.165, 1.54) is 0 Å². The van der Waals surface area contributed by atoms with Crippen LogP contribution < -0.4 is 4.90 Å². The molecule has 2 fully saturated rings. The fraction of sp³-hybridized carbons (Fsp3) is 0.600. The van der Waals surface area contributed by atoms with Crippen LogP contribution in [-0.4, -0.2) is 75.2 Å². The molecule has 1 unspecified atom stereocenters. The molecule has 2 aliphatic heterocycles. The third kappa shape index (κ3) is 4.35. The lowest BCUT2D eigenvalue weighted by Crippen LogP contribution is -2.52. The van der Waals surface area contributed by atoms with Gasteiger partial charge < -0.3 is 19.4 Å². The molecule has 1 aromatic rings. The van der Waals surface area contributed by atoms with E-state index in [9.17, 15) is 10.1 Å². The highest BCUT2D eigenvalue weighted by atomic mass is 16.5. The number of nitrogens with zero attached hydrogens (tertiary/aromatic N) is 4. The highest BCUT2D eigenvalue weighted by Crippen LogP contribution is 2.23. The van der Waals surface area contributed by atoms with Crippen molar-refractivity contribution in [3.8, 4) is 6.07 Å². The Bertz CT molecular complexity index is 649. The third-order valence-electron chi connectivity index (χ3n) is 5.42. The van der Waals surface area contributed by atoms with E-state index < -0.39 is 0 Å². The maximum atomic E-state index is 12.9. The van der Waals surface area contributed by atoms with Crippen molar-refractivity contribution in [1.29, 1.82) is 5.26 Å². The Morgan fingerprint density at radius 2 is 2.00 bits per heavy atom. The van der Waals surface area contributed by atoms with Crippen LogP contribution in [0, 0.1) is 17.2 Å². The van der Waals surface area contributed by atoms with Crippen molar-refractivity contribution in [2.75, 3.05) is 64.4 Å². The van der Waals surface area contributed by atoms with Crippen LogP contribution in [0.2, 0.25) is 0 Å². The number of carbonyl (C=O) groups excluding carboxylic acids is 1. The first kappa shape index (κ1) is 18.7. The summed E-state index contributed by atoms with van der Waals surface area (Å²) < 4.78 is 5.16. The van der Waals surface area contributed by atoms with Gasteiger partial charge in [-0.3, -0.25) is 4.79 Å². The van der Waals surface area contributed by atoms with Crippen molar-refractivity contribution in [2.45, 2.75) is 12.8 Å². The monoisotopic (exact) mass is 356 g/mol. The van der Waals surface area contributed by atoms with E-state index in [-0.39, 0.29) is 5.92 Å². The number of piperidine rings is 1. The van der Waals surface area contributed by atoms with Gasteiger partial charge in [0.05, 0.1) is 23.8 Å². The fourth-order valence-electron chi connectivity index (χ4n) is 3.95. The number of methoxy groups -OCH3 is 1. The van der Waals surface area contributed by atoms with Gasteiger partial charge in [0.25, 0.3) is 0 Å². The average molecular weight is 356 g/mol. The fourth-order valence-corrected chi connectivity index (χ4v) is 3.95. The third-order valence-corrected chi connectivity index (χ3v) is 5.42. The Balaban J connectivity index is 1.54. The number of nitriles is 1. The molecule has 0 aliphatic carbocycles. The van der Waals surface area contributed by atoms with Crippen LogP contribution >= 0.6 is 0 Å². The van der Waals surface area contributed by atoms with Crippen LogP contribution in [0.5, 0.6) is 0 Å². The molecule has 140 valence electrons. The van der Waals surface area contributed by atoms with Gasteiger partial charge in [-0.05, 0) is 31.5 Å². The van der Waals surface area contributed by atoms with Gasteiger partial charge in [0.15, 0.2) is 0 Å². The molecule has 2 aliphatic rings. The number of para-hydroxylation sites is 1. The first-order chi connectivity index (χ1) is 12.7. The molecule has 3 rings (SSSR count). The Kier molecular flexibility index (Phi) is 6.48. The molecule has 0 N–H and O–H groups in total. The molecule has 0 radical (unpaired) electrons. The summed E-state index contributed by atoms with van der Waals surface area (Å²) in [5.41, 5.74) is 1.68. The minimum atomic E-state index is 0.110. The maximum Gasteiger partial charge on any atom is 0.227 e. The molecule has 0 saturated carbocycles. The number of likely N-dealkylation sites (tertiary alicyclic amines) is 1. The minimum Gasteiger partial charge on any atom is -0.383 e. The molecule has 1 amide bonds. The zero-order valence-electron chi connectivity index (χ0n) is 15.6. The standard InChI is InChI=1S/C20H28N4O2/c1-26-14-13-22-8-4-6-18(16-22)20(25)24-11-9-23(10-12-24)19-7-3-2-5-17(19)15-21/h2-3,5,7,18H,4,6,8-14,16H2,1H3. The van der Waals surface area contributed by atoms with Gasteiger partial charge >= 0.3 is 0 Å². The van der Waals surface area contributed by atoms with Crippen molar-refractivity contribution >= 4 is 11.6 Å². The lowest BCUT2D eigenvalue weighted by atomic mass is 9.96. The van der Waals surface area contributed by atoms with Crippen LogP contribution in [0.1, 0.15) is 18.4 Å². The average Bonchev–Trinajstić information content (AvgIpc) is 2.72. The summed E-state index contributed by atoms with van der Waals surface area (Å²) in [6, 6.07) is 9.96. The van der Waals surface area contributed by atoms with Gasteiger partial charge in [-0.1, -0.05) is 12.1 Å². The second-order valence-electron chi connectivity index (χ2n) is 7.07. The topological polar surface area (TPSA) is 59.8 Å². The molecule has 0 spiro atoms. The Morgan fingerprint density at radius 3 is 2.73 bits per heavy atom. The number of anilines is 1. The summed E-state index contributed by atoms with van der Waals surface area (Å²) in [4.78, 5) is 19.5. The Morgan fingerprint density at radius 1 is 1.23 bits per heavy atom. The first-order valence-corrected chi connectivity index (χ1v) is 9.47. The van der Waals surface area contributed by atoms with Crippen LogP contribution in [0.3, 0.4) is 0 Å². The van der Waals surface area contributed by atoms with Gasteiger partial charge in [-0.25, -0.2) is 0 Å². The lowest BCUT2D eigenvalue weighted by Gasteiger charge is -2.40. The summed E-state index contributed by atoms with van der Waals surface area (Å²) in [5.74, 6) is 0.402. The molecule has 6 heteroatoms. The summed E-state index contributed by atoms with van der Waals surface area (Å²) in [7, 11) is 1.72. The number of rotatable bonds is 5. The van der Waals surface area contributed by atoms with Gasteiger partial charge in [0.2, 0.25) is 5.91 Å². The molecule has 1 aromatic carbocycles. The van der Waals surface area contributed by atoms with E-state index in [0.29, 0.717) is 11.5 Å². The van der Waals surface area contributed by atoms with Gasteiger partial charge in [0, 0.05) is 46.4 Å². The van der Waals surface area contributed by atoms with E-state index in [1.54, 1.807) is 7.11 Å². The van der Waals surface area contributed by atoms with Crippen LogP contribution in [0.25, 0.3) is 0 Å². The summed E-state index contributed by atoms with van der Waals surface area (Å²) in [5, 5.41) is 9.29. The van der Waals surface area contributed by atoms with Crippen molar-refractivity contribution in [3.05, 3.63) is 29.8 Å². The molecule has 26 heavy (non-hydrogen) atoms. The summed E-state index contributed by atoms with van der Waals surface area (Å²) >= 11 is 0. The lowest BCUT2D eigenvalue weighted by molar-refractivity contribution is -0.137. The number of benzene rings is 1. The van der Waals surface area contributed by atoms with E-state index in [1.807, 2.05) is 29.2 Å². The molecule has 2 saturated heterocycles. The van der Waals surface area contributed by atoms with Gasteiger partial charge in [-0.2, -0.15) is 5.26 Å². The van der Waals surface area contributed by atoms with E-state index >= 15 is 0 Å².